The van der Waals surface area contributed by atoms with Gasteiger partial charge in [-0.05, 0) is 44.6 Å². The number of hydrogen-bond donors (Lipinski definition) is 1. The van der Waals surface area contributed by atoms with Crippen molar-refractivity contribution >= 4 is 0 Å². The predicted molar refractivity (Wildman–Crippen MR) is 77.3 cm³/mol. The molecule has 0 saturated heterocycles. The lowest BCUT2D eigenvalue weighted by molar-refractivity contribution is 0.105. The highest BCUT2D eigenvalue weighted by Gasteiger charge is 2.22. The van der Waals surface area contributed by atoms with Crippen LogP contribution in [0, 0.1) is 12.8 Å². The van der Waals surface area contributed by atoms with Crippen LogP contribution in [0.4, 0.5) is 0 Å². The molecule has 19 heavy (non-hydrogen) atoms. The third-order valence-electron chi connectivity index (χ3n) is 3.82. The fourth-order valence-electron chi connectivity index (χ4n) is 2.90. The Balaban J connectivity index is 1.90. The first kappa shape index (κ1) is 14.6. The Morgan fingerprint density at radius 1 is 1.47 bits per heavy atom. The van der Waals surface area contributed by atoms with E-state index < -0.39 is 0 Å². The molecule has 1 atom stereocenters. The Kier molecular flexibility index (Phi) is 5.06. The zero-order valence-electron chi connectivity index (χ0n) is 12.5. The van der Waals surface area contributed by atoms with Crippen molar-refractivity contribution in [1.29, 1.82) is 0 Å². The van der Waals surface area contributed by atoms with Crippen LogP contribution in [-0.2, 0) is 17.7 Å². The van der Waals surface area contributed by atoms with Gasteiger partial charge >= 0.3 is 0 Å². The summed E-state index contributed by atoms with van der Waals surface area (Å²) < 4.78 is 8.01. The van der Waals surface area contributed by atoms with Crippen LogP contribution in [0.15, 0.2) is 6.07 Å². The standard InChI is InChI=1S/C16H27NO2/c1-12(2)11-19-9-5-8-17-13(3)10-14-15(17)6-4-7-16(14)18/h10,12,16,18H,4-9,11H2,1-3H3. The Morgan fingerprint density at radius 2 is 2.26 bits per heavy atom. The van der Waals surface area contributed by atoms with E-state index in [0.717, 1.165) is 51.0 Å². The minimum atomic E-state index is -0.249. The summed E-state index contributed by atoms with van der Waals surface area (Å²) in [6.45, 7) is 9.17. The molecular formula is C16H27NO2. The second kappa shape index (κ2) is 6.58. The first-order chi connectivity index (χ1) is 9.09. The maximum absolute atomic E-state index is 10.0. The molecule has 0 saturated carbocycles. The van der Waals surface area contributed by atoms with Crippen LogP contribution in [0.1, 0.15) is 56.2 Å². The van der Waals surface area contributed by atoms with E-state index in [4.69, 9.17) is 4.74 Å². The van der Waals surface area contributed by atoms with Crippen molar-refractivity contribution in [3.63, 3.8) is 0 Å². The van der Waals surface area contributed by atoms with Gasteiger partial charge in [-0.1, -0.05) is 13.8 Å². The SMILES string of the molecule is Cc1cc2c(n1CCCOCC(C)C)CCCC2O. The molecule has 2 rings (SSSR count). The minimum Gasteiger partial charge on any atom is -0.388 e. The van der Waals surface area contributed by atoms with Crippen molar-refractivity contribution in [2.75, 3.05) is 13.2 Å². The smallest absolute Gasteiger partial charge is 0.0807 e. The van der Waals surface area contributed by atoms with E-state index in [9.17, 15) is 5.11 Å². The highest BCUT2D eigenvalue weighted by molar-refractivity contribution is 5.31. The van der Waals surface area contributed by atoms with Gasteiger partial charge in [0.2, 0.25) is 0 Å². The Bertz CT molecular complexity index is 409. The number of hydrogen-bond acceptors (Lipinski definition) is 2. The van der Waals surface area contributed by atoms with Gasteiger partial charge in [0.05, 0.1) is 6.10 Å². The number of rotatable bonds is 6. The van der Waals surface area contributed by atoms with Crippen molar-refractivity contribution in [2.45, 2.75) is 59.1 Å². The van der Waals surface area contributed by atoms with Crippen molar-refractivity contribution in [1.82, 2.24) is 4.57 Å². The van der Waals surface area contributed by atoms with Crippen LogP contribution in [0.25, 0.3) is 0 Å². The number of nitrogens with zero attached hydrogens (tertiary/aromatic N) is 1. The first-order valence-corrected chi connectivity index (χ1v) is 7.54. The first-order valence-electron chi connectivity index (χ1n) is 7.54. The molecule has 0 aliphatic heterocycles. The van der Waals surface area contributed by atoms with Gasteiger partial charge in [0, 0.05) is 36.7 Å². The van der Waals surface area contributed by atoms with E-state index >= 15 is 0 Å². The summed E-state index contributed by atoms with van der Waals surface area (Å²) in [7, 11) is 0. The third-order valence-corrected chi connectivity index (χ3v) is 3.82. The van der Waals surface area contributed by atoms with Crippen LogP contribution in [0.3, 0.4) is 0 Å². The molecule has 0 amide bonds. The van der Waals surface area contributed by atoms with Gasteiger partial charge in [0.25, 0.3) is 0 Å². The second-order valence-electron chi connectivity index (χ2n) is 6.07. The number of aliphatic hydroxyl groups excluding tert-OH is 1. The van der Waals surface area contributed by atoms with Gasteiger partial charge in [0.1, 0.15) is 0 Å². The largest absolute Gasteiger partial charge is 0.388 e. The normalized spacial score (nSPS) is 18.9. The molecule has 0 fully saturated rings. The molecular weight excluding hydrogens is 238 g/mol. The van der Waals surface area contributed by atoms with Crippen LogP contribution in [0.5, 0.6) is 0 Å². The van der Waals surface area contributed by atoms with E-state index in [1.807, 2.05) is 0 Å². The highest BCUT2D eigenvalue weighted by atomic mass is 16.5. The van der Waals surface area contributed by atoms with Crippen LogP contribution in [-0.4, -0.2) is 22.9 Å². The average Bonchev–Trinajstić information content (AvgIpc) is 2.67. The lowest BCUT2D eigenvalue weighted by atomic mass is 9.95. The quantitative estimate of drug-likeness (QED) is 0.801. The third kappa shape index (κ3) is 3.61. The molecule has 0 aromatic carbocycles. The molecule has 3 heteroatoms. The Morgan fingerprint density at radius 3 is 3.00 bits per heavy atom. The maximum atomic E-state index is 10.0. The number of ether oxygens (including phenoxy) is 1. The van der Waals surface area contributed by atoms with Crippen LogP contribution < -0.4 is 0 Å². The number of aromatic nitrogens is 1. The minimum absolute atomic E-state index is 0.249. The summed E-state index contributed by atoms with van der Waals surface area (Å²) in [5, 5.41) is 10.0. The van der Waals surface area contributed by atoms with Gasteiger partial charge in [0.15, 0.2) is 0 Å². The van der Waals surface area contributed by atoms with E-state index in [-0.39, 0.29) is 6.10 Å². The van der Waals surface area contributed by atoms with Crippen molar-refractivity contribution in [2.24, 2.45) is 5.92 Å². The molecule has 0 bridgehead atoms. The molecule has 1 aliphatic rings. The molecule has 1 N–H and O–H groups in total. The summed E-state index contributed by atoms with van der Waals surface area (Å²) in [5.41, 5.74) is 3.78. The molecule has 0 spiro atoms. The zero-order chi connectivity index (χ0) is 13.8. The van der Waals surface area contributed by atoms with E-state index in [1.165, 1.54) is 11.4 Å². The summed E-state index contributed by atoms with van der Waals surface area (Å²) in [4.78, 5) is 0. The van der Waals surface area contributed by atoms with Crippen molar-refractivity contribution < 1.29 is 9.84 Å². The summed E-state index contributed by atoms with van der Waals surface area (Å²) in [6.07, 6.45) is 3.91. The molecule has 1 unspecified atom stereocenters. The topological polar surface area (TPSA) is 34.4 Å². The molecule has 0 radical (unpaired) electrons. The molecule has 108 valence electrons. The molecule has 3 nitrogen and oxygen atoms in total. The van der Waals surface area contributed by atoms with Crippen LogP contribution >= 0.6 is 0 Å². The Hall–Kier alpha value is -0.800. The molecule has 1 aromatic rings. The summed E-state index contributed by atoms with van der Waals surface area (Å²) >= 11 is 0. The highest BCUT2D eigenvalue weighted by Crippen LogP contribution is 2.32. The monoisotopic (exact) mass is 265 g/mol. The second-order valence-corrected chi connectivity index (χ2v) is 6.07. The number of aliphatic hydroxyl groups is 1. The Labute approximate surface area is 116 Å². The van der Waals surface area contributed by atoms with Gasteiger partial charge in [-0.25, -0.2) is 0 Å². The van der Waals surface area contributed by atoms with Gasteiger partial charge in [-0.3, -0.25) is 0 Å². The maximum Gasteiger partial charge on any atom is 0.0807 e. The lowest BCUT2D eigenvalue weighted by Crippen LogP contribution is -2.14. The molecule has 1 aliphatic carbocycles. The average molecular weight is 265 g/mol. The number of aryl methyl sites for hydroxylation is 1. The van der Waals surface area contributed by atoms with Gasteiger partial charge < -0.3 is 14.4 Å². The van der Waals surface area contributed by atoms with E-state index in [0.29, 0.717) is 5.92 Å². The zero-order valence-corrected chi connectivity index (χ0v) is 12.5. The molecule has 1 heterocycles. The lowest BCUT2D eigenvalue weighted by Gasteiger charge is -2.20. The fraction of sp³-hybridized carbons (Fsp3) is 0.750. The predicted octanol–water partition coefficient (Wildman–Crippen LogP) is 3.23. The molecule has 1 aromatic heterocycles. The van der Waals surface area contributed by atoms with Gasteiger partial charge in [-0.15, -0.1) is 0 Å². The van der Waals surface area contributed by atoms with Crippen LogP contribution in [0.2, 0.25) is 0 Å². The van der Waals surface area contributed by atoms with Crippen molar-refractivity contribution in [3.8, 4) is 0 Å². The van der Waals surface area contributed by atoms with E-state index in [1.54, 1.807) is 0 Å². The number of fused-ring (bicyclic) bond motifs is 1. The summed E-state index contributed by atoms with van der Waals surface area (Å²) in [5.74, 6) is 0.608. The van der Waals surface area contributed by atoms with E-state index in [2.05, 4.69) is 31.4 Å². The summed E-state index contributed by atoms with van der Waals surface area (Å²) in [6, 6.07) is 2.16. The van der Waals surface area contributed by atoms with Crippen molar-refractivity contribution in [3.05, 3.63) is 23.0 Å². The van der Waals surface area contributed by atoms with Gasteiger partial charge in [-0.2, -0.15) is 0 Å². The fourth-order valence-corrected chi connectivity index (χ4v) is 2.90.